The van der Waals surface area contributed by atoms with Crippen LogP contribution in [-0.2, 0) is 4.80 Å². The monoisotopic (exact) mass is 121 g/mol. The lowest BCUT2D eigenvalue weighted by molar-refractivity contribution is 0.471. The van der Waals surface area contributed by atoms with E-state index in [0.717, 1.165) is 0 Å². The minimum Gasteiger partial charge on any atom is -0.307 e. The Kier molecular flexibility index (Phi) is 3.17. The van der Waals surface area contributed by atoms with Gasteiger partial charge in [-0.25, -0.2) is 0 Å². The summed E-state index contributed by atoms with van der Waals surface area (Å²) < 4.78 is 0. The molecule has 5 heavy (non-hydrogen) atoms. The fourth-order valence-electron chi connectivity index (χ4n) is 0. The molecule has 1 atom stereocenters. The van der Waals surface area contributed by atoms with Crippen molar-refractivity contribution >= 4 is 26.9 Å². The summed E-state index contributed by atoms with van der Waals surface area (Å²) in [6.45, 7) is 1.90. The Hall–Kier alpha value is 0.611. The zero-order valence-electron chi connectivity index (χ0n) is 3.69. The first-order valence-electron chi connectivity index (χ1n) is 1.93. The summed E-state index contributed by atoms with van der Waals surface area (Å²) >= 11 is 0. The molecule has 1 unspecified atom stereocenters. The molecule has 0 heterocycles. The molecule has 0 aliphatic rings. The number of hydrogen-bond donors (Lipinski definition) is 0. The van der Waals surface area contributed by atoms with Crippen LogP contribution in [0.15, 0.2) is 0 Å². The smallest absolute Gasteiger partial charge is 0.196 e. The fraction of sp³-hybridized carbons (Fsp3) is 1.00. The Morgan fingerprint density at radius 2 is 2.20 bits per heavy atom. The third kappa shape index (κ3) is 4.61. The van der Waals surface area contributed by atoms with Gasteiger partial charge in [0, 0.05) is 8.55 Å². The molecule has 0 fully saturated rings. The Morgan fingerprint density at radius 1 is 2.00 bits per heavy atom. The molecule has 1 radical (unpaired) electrons. The van der Waals surface area contributed by atoms with Crippen LogP contribution in [0.2, 0.25) is 6.55 Å². The molecule has 0 aliphatic carbocycles. The summed E-state index contributed by atoms with van der Waals surface area (Å²) in [6.07, 6.45) is 0. The summed E-state index contributed by atoms with van der Waals surface area (Å²) in [5.41, 5.74) is 0. The van der Waals surface area contributed by atoms with Gasteiger partial charge in [0.1, 0.15) is 0 Å². The van der Waals surface area contributed by atoms with Crippen LogP contribution in [0.1, 0.15) is 0 Å². The van der Waals surface area contributed by atoms with E-state index in [1.54, 1.807) is 0 Å². The lowest BCUT2D eigenvalue weighted by Gasteiger charge is -1.81. The molecular weight excluding hydrogens is 112 g/mol. The Morgan fingerprint density at radius 3 is 2.20 bits per heavy atom. The number of rotatable bonds is 1. The van der Waals surface area contributed by atoms with Crippen molar-refractivity contribution < 1.29 is 4.80 Å². The molecule has 0 bridgehead atoms. The first kappa shape index (κ1) is 5.61. The van der Waals surface area contributed by atoms with Crippen LogP contribution in [-0.4, -0.2) is 26.9 Å². The molecule has 4 heteroatoms. The molecule has 0 aliphatic heterocycles. The predicted molar refractivity (Wildman–Crippen MR) is 32.2 cm³/mol. The van der Waals surface area contributed by atoms with Crippen molar-refractivity contribution in [2.75, 3.05) is 0 Å². The largest absolute Gasteiger partial charge is 0.307 e. The molecule has 0 amide bonds. The highest BCUT2D eigenvalue weighted by Gasteiger charge is 1.90. The van der Waals surface area contributed by atoms with Crippen molar-refractivity contribution in [2.24, 2.45) is 0 Å². The van der Waals surface area contributed by atoms with Crippen LogP contribution >= 0.6 is 0 Å². The maximum absolute atomic E-state index is 10.1. The lowest BCUT2D eigenvalue weighted by atomic mass is 11.9. The van der Waals surface area contributed by atoms with Gasteiger partial charge in [0.15, 0.2) is 8.56 Å². The van der Waals surface area contributed by atoms with Crippen LogP contribution in [0.5, 0.6) is 0 Å². The van der Waals surface area contributed by atoms with Crippen LogP contribution in [0.3, 0.4) is 0 Å². The average molecular weight is 121 g/mol. The molecule has 0 aromatic carbocycles. The molecule has 0 rings (SSSR count). The first-order valence-corrected chi connectivity index (χ1v) is 12.5. The van der Waals surface area contributed by atoms with Crippen LogP contribution in [0.25, 0.3) is 0 Å². The second kappa shape index (κ2) is 2.83. The minimum atomic E-state index is -1.20. The lowest BCUT2D eigenvalue weighted by Crippen LogP contribution is -2.14. The Bertz CT molecular complexity index is 20.9. The molecule has 0 saturated carbocycles. The zero-order valence-corrected chi connectivity index (χ0v) is 8.26. The van der Waals surface area contributed by atoms with Crippen molar-refractivity contribution in [3.8, 4) is 0 Å². The van der Waals surface area contributed by atoms with E-state index in [0.29, 0.717) is 0 Å². The van der Waals surface area contributed by atoms with E-state index >= 15 is 0 Å². The third-order valence-electron chi connectivity index (χ3n) is 0.575. The maximum Gasteiger partial charge on any atom is 0.196 e. The summed E-state index contributed by atoms with van der Waals surface area (Å²) in [7, 11) is 0.133. The number of hydrogen-bond acceptors (Lipinski definition) is 0. The van der Waals surface area contributed by atoms with E-state index in [9.17, 15) is 4.80 Å². The summed E-state index contributed by atoms with van der Waals surface area (Å²) in [4.78, 5) is 10.1. The van der Waals surface area contributed by atoms with Crippen LogP contribution in [0.4, 0.5) is 0 Å². The van der Waals surface area contributed by atoms with E-state index in [1.165, 1.54) is 9.76 Å². The van der Waals surface area contributed by atoms with Gasteiger partial charge in [-0.15, -0.1) is 0 Å². The Balaban J connectivity index is 2.54. The van der Waals surface area contributed by atoms with Crippen molar-refractivity contribution in [3.63, 3.8) is 0 Å². The van der Waals surface area contributed by atoms with Gasteiger partial charge in [0.05, 0.1) is 0 Å². The van der Waals surface area contributed by atoms with E-state index in [-0.39, 0.29) is 8.55 Å². The van der Waals surface area contributed by atoms with Crippen LogP contribution < -0.4 is 0 Å². The second-order valence-corrected chi connectivity index (χ2v) is 16.9. The maximum atomic E-state index is 10.1. The molecule has 1 nitrogen and oxygen atoms in total. The van der Waals surface area contributed by atoms with Crippen molar-refractivity contribution in [1.82, 2.24) is 0 Å². The zero-order chi connectivity index (χ0) is 4.28. The highest BCUT2D eigenvalue weighted by atomic mass is 29.5. The molecule has 31 valence electrons. The SMILES string of the molecule is C[SiH]([O])[SiH2][SiH3]. The standard InChI is InChI=1S/CH9OSi3/c1-5(2)4-3/h5H,4H2,1,3H3. The Labute approximate surface area is 39.0 Å². The summed E-state index contributed by atoms with van der Waals surface area (Å²) in [6, 6.07) is 0. The van der Waals surface area contributed by atoms with Gasteiger partial charge in [0.2, 0.25) is 0 Å². The summed E-state index contributed by atoms with van der Waals surface area (Å²) in [5, 5.41) is 0. The predicted octanol–water partition coefficient (Wildman–Crippen LogP) is -2.28. The molecule has 0 aromatic rings. The topological polar surface area (TPSA) is 19.9 Å². The van der Waals surface area contributed by atoms with Gasteiger partial charge in [-0.1, -0.05) is 0 Å². The second-order valence-electron chi connectivity index (χ2n) is 1.22. The van der Waals surface area contributed by atoms with E-state index in [2.05, 4.69) is 0 Å². The molecule has 0 saturated heterocycles. The van der Waals surface area contributed by atoms with Gasteiger partial charge in [-0.2, -0.15) is 0 Å². The van der Waals surface area contributed by atoms with Crippen molar-refractivity contribution in [1.29, 1.82) is 0 Å². The van der Waals surface area contributed by atoms with Crippen LogP contribution in [0, 0.1) is 0 Å². The van der Waals surface area contributed by atoms with Gasteiger partial charge >= 0.3 is 0 Å². The molecule has 0 aromatic heterocycles. The average Bonchev–Trinajstić information content (AvgIpc) is 1.38. The van der Waals surface area contributed by atoms with E-state index < -0.39 is 8.56 Å². The van der Waals surface area contributed by atoms with Crippen molar-refractivity contribution in [2.45, 2.75) is 6.55 Å². The van der Waals surface area contributed by atoms with Gasteiger partial charge in [-0.05, 0) is 16.3 Å². The molecular formula is CH9OSi3. The fourth-order valence-corrected chi connectivity index (χ4v) is 0. The van der Waals surface area contributed by atoms with E-state index in [4.69, 9.17) is 0 Å². The third-order valence-corrected chi connectivity index (χ3v) is 15.5. The van der Waals surface area contributed by atoms with Crippen molar-refractivity contribution in [3.05, 3.63) is 0 Å². The van der Waals surface area contributed by atoms with E-state index in [1.807, 2.05) is 6.55 Å². The highest BCUT2D eigenvalue weighted by Crippen LogP contribution is 1.60. The first-order chi connectivity index (χ1) is 2.27. The summed E-state index contributed by atoms with van der Waals surface area (Å²) in [5.74, 6) is 0. The van der Waals surface area contributed by atoms with Gasteiger partial charge < -0.3 is 4.80 Å². The normalized spacial score (nSPS) is 18.0. The molecule has 0 spiro atoms. The van der Waals surface area contributed by atoms with Gasteiger partial charge in [-0.3, -0.25) is 0 Å². The minimum absolute atomic E-state index is 0.0710. The van der Waals surface area contributed by atoms with Gasteiger partial charge in [0.25, 0.3) is 0 Å². The highest BCUT2D eigenvalue weighted by molar-refractivity contribution is 7.28. The quantitative estimate of drug-likeness (QED) is 0.348. The molecule has 0 N–H and O–H groups in total.